The zero-order valence-corrected chi connectivity index (χ0v) is 14.4. The van der Waals surface area contributed by atoms with Gasteiger partial charge in [0, 0.05) is 24.4 Å². The van der Waals surface area contributed by atoms with Crippen molar-refractivity contribution in [2.24, 2.45) is 11.7 Å². The summed E-state index contributed by atoms with van der Waals surface area (Å²) in [6.07, 6.45) is 1.88. The number of aliphatic carboxylic acids is 1. The molecule has 0 bridgehead atoms. The Morgan fingerprint density at radius 1 is 1.29 bits per heavy atom. The number of primary amides is 1. The minimum Gasteiger partial charge on any atom is -0.480 e. The first-order valence-electron chi connectivity index (χ1n) is 7.94. The highest BCUT2D eigenvalue weighted by Crippen LogP contribution is 2.29. The first kappa shape index (κ1) is 18.3. The average molecular weight is 350 g/mol. The Kier molecular flexibility index (Phi) is 6.25. The molecule has 1 aromatic carbocycles. The first-order valence-corrected chi connectivity index (χ1v) is 8.82. The normalized spacial score (nSPS) is 16.6. The Hall–Kier alpha value is -2.02. The molecule has 7 heteroatoms. The molecule has 1 aliphatic heterocycles. The van der Waals surface area contributed by atoms with Crippen molar-refractivity contribution in [2.75, 3.05) is 13.1 Å². The van der Waals surface area contributed by atoms with Crippen LogP contribution in [0.15, 0.2) is 29.2 Å². The standard InChI is InChI=1S/C17H22N2O4S/c1-11(17(22)23)24-14-5-3-2-4-13(14)16(21)19-8-6-12(7-9-19)10-15(18)20/h2-5,11-12H,6-10H2,1H3,(H2,18,20)(H,22,23). The highest BCUT2D eigenvalue weighted by atomic mass is 32.2. The molecule has 1 aromatic rings. The molecule has 1 aliphatic rings. The lowest BCUT2D eigenvalue weighted by atomic mass is 9.93. The van der Waals surface area contributed by atoms with Crippen molar-refractivity contribution in [1.82, 2.24) is 4.90 Å². The van der Waals surface area contributed by atoms with E-state index in [1.807, 2.05) is 0 Å². The number of carbonyl (C=O) groups excluding carboxylic acids is 2. The van der Waals surface area contributed by atoms with Gasteiger partial charge in [0.2, 0.25) is 5.91 Å². The summed E-state index contributed by atoms with van der Waals surface area (Å²) >= 11 is 1.17. The highest BCUT2D eigenvalue weighted by molar-refractivity contribution is 8.00. The molecule has 1 saturated heterocycles. The second-order valence-electron chi connectivity index (χ2n) is 6.00. The topological polar surface area (TPSA) is 101 Å². The summed E-state index contributed by atoms with van der Waals surface area (Å²) in [5.41, 5.74) is 5.76. The SMILES string of the molecule is CC(Sc1ccccc1C(=O)N1CCC(CC(N)=O)CC1)C(=O)O. The van der Waals surface area contributed by atoms with E-state index in [0.717, 1.165) is 12.8 Å². The van der Waals surface area contributed by atoms with Gasteiger partial charge in [0.1, 0.15) is 5.25 Å². The number of carboxylic acid groups (broad SMARTS) is 1. The zero-order valence-electron chi connectivity index (χ0n) is 13.6. The predicted octanol–water partition coefficient (Wildman–Crippen LogP) is 1.98. The van der Waals surface area contributed by atoms with Crippen LogP contribution >= 0.6 is 11.8 Å². The van der Waals surface area contributed by atoms with Gasteiger partial charge in [-0.25, -0.2) is 0 Å². The fraction of sp³-hybridized carbons (Fsp3) is 0.471. The van der Waals surface area contributed by atoms with Crippen molar-refractivity contribution < 1.29 is 19.5 Å². The summed E-state index contributed by atoms with van der Waals surface area (Å²) in [6, 6.07) is 7.08. The number of carboxylic acids is 1. The van der Waals surface area contributed by atoms with Gasteiger partial charge < -0.3 is 15.7 Å². The molecule has 0 aromatic heterocycles. The van der Waals surface area contributed by atoms with E-state index in [2.05, 4.69) is 0 Å². The molecule has 1 unspecified atom stereocenters. The highest BCUT2D eigenvalue weighted by Gasteiger charge is 2.26. The van der Waals surface area contributed by atoms with E-state index in [0.29, 0.717) is 30.0 Å². The smallest absolute Gasteiger partial charge is 0.316 e. The number of hydrogen-bond donors (Lipinski definition) is 2. The van der Waals surface area contributed by atoms with Gasteiger partial charge in [-0.1, -0.05) is 12.1 Å². The van der Waals surface area contributed by atoms with Gasteiger partial charge in [0.25, 0.3) is 5.91 Å². The summed E-state index contributed by atoms with van der Waals surface area (Å²) in [5.74, 6) is -1.06. The van der Waals surface area contributed by atoms with E-state index >= 15 is 0 Å². The van der Waals surface area contributed by atoms with E-state index in [-0.39, 0.29) is 17.7 Å². The van der Waals surface area contributed by atoms with Gasteiger partial charge >= 0.3 is 5.97 Å². The van der Waals surface area contributed by atoms with E-state index in [1.165, 1.54) is 11.8 Å². The summed E-state index contributed by atoms with van der Waals surface area (Å²) in [6.45, 7) is 2.78. The van der Waals surface area contributed by atoms with E-state index in [9.17, 15) is 14.4 Å². The molecular weight excluding hydrogens is 328 g/mol. The minimum atomic E-state index is -0.908. The van der Waals surface area contributed by atoms with E-state index < -0.39 is 11.2 Å². The molecule has 0 radical (unpaired) electrons. The maximum Gasteiger partial charge on any atom is 0.316 e. The van der Waals surface area contributed by atoms with Crippen molar-refractivity contribution in [3.63, 3.8) is 0 Å². The first-order chi connectivity index (χ1) is 11.4. The Bertz CT molecular complexity index is 627. The summed E-state index contributed by atoms with van der Waals surface area (Å²) in [5, 5.41) is 8.44. The molecule has 3 N–H and O–H groups in total. The van der Waals surface area contributed by atoms with E-state index in [4.69, 9.17) is 10.8 Å². The number of nitrogens with two attached hydrogens (primary N) is 1. The Balaban J connectivity index is 2.05. The molecule has 24 heavy (non-hydrogen) atoms. The number of amides is 2. The molecule has 2 rings (SSSR count). The quantitative estimate of drug-likeness (QED) is 0.764. The van der Waals surface area contributed by atoms with Gasteiger partial charge in [-0.2, -0.15) is 0 Å². The third-order valence-electron chi connectivity index (χ3n) is 4.16. The molecule has 1 heterocycles. The average Bonchev–Trinajstić information content (AvgIpc) is 2.54. The third-order valence-corrected chi connectivity index (χ3v) is 5.33. The van der Waals surface area contributed by atoms with Crippen molar-refractivity contribution >= 4 is 29.5 Å². The molecule has 0 saturated carbocycles. The van der Waals surface area contributed by atoms with Crippen molar-refractivity contribution in [2.45, 2.75) is 36.3 Å². The fourth-order valence-electron chi connectivity index (χ4n) is 2.78. The van der Waals surface area contributed by atoms with Crippen LogP contribution in [0.5, 0.6) is 0 Å². The maximum absolute atomic E-state index is 12.8. The van der Waals surface area contributed by atoms with Crippen LogP contribution in [0.3, 0.4) is 0 Å². The lowest BCUT2D eigenvalue weighted by Crippen LogP contribution is -2.39. The summed E-state index contributed by atoms with van der Waals surface area (Å²) < 4.78 is 0. The lowest BCUT2D eigenvalue weighted by Gasteiger charge is -2.32. The number of carbonyl (C=O) groups is 3. The van der Waals surface area contributed by atoms with Crippen LogP contribution in [-0.4, -0.2) is 46.1 Å². The summed E-state index contributed by atoms with van der Waals surface area (Å²) in [7, 11) is 0. The van der Waals surface area contributed by atoms with Gasteiger partial charge in [-0.05, 0) is 37.8 Å². The van der Waals surface area contributed by atoms with Gasteiger partial charge in [-0.15, -0.1) is 11.8 Å². The summed E-state index contributed by atoms with van der Waals surface area (Å²) in [4.78, 5) is 37.3. The molecule has 2 amide bonds. The van der Waals surface area contributed by atoms with Crippen molar-refractivity contribution in [3.05, 3.63) is 29.8 Å². The third kappa shape index (κ3) is 4.74. The van der Waals surface area contributed by atoms with Crippen LogP contribution < -0.4 is 5.73 Å². The molecule has 1 atom stereocenters. The molecular formula is C17H22N2O4S. The lowest BCUT2D eigenvalue weighted by molar-refractivity contribution is -0.136. The number of hydrogen-bond acceptors (Lipinski definition) is 4. The van der Waals surface area contributed by atoms with Crippen LogP contribution in [0.4, 0.5) is 0 Å². The monoisotopic (exact) mass is 350 g/mol. The Morgan fingerprint density at radius 2 is 1.92 bits per heavy atom. The number of rotatable bonds is 6. The largest absolute Gasteiger partial charge is 0.480 e. The van der Waals surface area contributed by atoms with Crippen LogP contribution in [0.25, 0.3) is 0 Å². The van der Waals surface area contributed by atoms with Gasteiger partial charge in [0.15, 0.2) is 0 Å². The number of thioether (sulfide) groups is 1. The van der Waals surface area contributed by atoms with Crippen LogP contribution in [0.1, 0.15) is 36.5 Å². The van der Waals surface area contributed by atoms with Gasteiger partial charge in [-0.3, -0.25) is 14.4 Å². The number of nitrogens with zero attached hydrogens (tertiary/aromatic N) is 1. The molecule has 130 valence electrons. The zero-order chi connectivity index (χ0) is 17.7. The second-order valence-corrected chi connectivity index (χ2v) is 7.38. The second kappa shape index (κ2) is 8.19. The number of piperidine rings is 1. The number of likely N-dealkylation sites (tertiary alicyclic amines) is 1. The minimum absolute atomic E-state index is 0.0896. The predicted molar refractivity (Wildman–Crippen MR) is 91.8 cm³/mol. The Labute approximate surface area is 145 Å². The maximum atomic E-state index is 12.8. The molecule has 6 nitrogen and oxygen atoms in total. The molecule has 0 spiro atoms. The van der Waals surface area contributed by atoms with Crippen LogP contribution in [0.2, 0.25) is 0 Å². The Morgan fingerprint density at radius 3 is 2.50 bits per heavy atom. The van der Waals surface area contributed by atoms with Crippen molar-refractivity contribution in [1.29, 1.82) is 0 Å². The molecule has 1 fully saturated rings. The van der Waals surface area contributed by atoms with Crippen molar-refractivity contribution in [3.8, 4) is 0 Å². The fourth-order valence-corrected chi connectivity index (χ4v) is 3.70. The van der Waals surface area contributed by atoms with Gasteiger partial charge in [0.05, 0.1) is 5.56 Å². The molecule has 0 aliphatic carbocycles. The van der Waals surface area contributed by atoms with Crippen LogP contribution in [0, 0.1) is 5.92 Å². The number of benzene rings is 1. The van der Waals surface area contributed by atoms with Crippen LogP contribution in [-0.2, 0) is 9.59 Å². The van der Waals surface area contributed by atoms with E-state index in [1.54, 1.807) is 36.1 Å².